The molecule has 0 spiro atoms. The predicted molar refractivity (Wildman–Crippen MR) is 94.5 cm³/mol. The maximum atomic E-state index is 12.8. The summed E-state index contributed by atoms with van der Waals surface area (Å²) in [6, 6.07) is 15.0. The molecule has 1 atom stereocenters. The largest absolute Gasteiger partial charge is 0.497 e. The van der Waals surface area contributed by atoms with E-state index in [-0.39, 0.29) is 0 Å². The topological polar surface area (TPSA) is 94.8 Å². The lowest BCUT2D eigenvalue weighted by Crippen LogP contribution is -2.40. The van der Waals surface area contributed by atoms with Crippen molar-refractivity contribution in [2.24, 2.45) is 5.10 Å². The molecule has 0 aromatic heterocycles. The number of hydrogen-bond donors (Lipinski definition) is 1. The number of carbonyl (C=O) groups excluding carboxylic acids is 2. The lowest BCUT2D eigenvalue weighted by atomic mass is 9.92. The summed E-state index contributed by atoms with van der Waals surface area (Å²) in [5.41, 5.74) is 0.616. The number of hydrogen-bond acceptors (Lipinski definition) is 5. The maximum absolute atomic E-state index is 12.8. The summed E-state index contributed by atoms with van der Waals surface area (Å²) in [7, 11) is 1.55. The fourth-order valence-electron chi connectivity index (χ4n) is 2.62. The van der Waals surface area contributed by atoms with Crippen molar-refractivity contribution in [2.75, 3.05) is 7.11 Å². The SMILES string of the molecule is COc1ccc([C@]2(C)NC(=O)N(/N=C\c3ccc(C#N)cc3)C2=O)cc1. The molecule has 1 fully saturated rings. The van der Waals surface area contributed by atoms with Crippen LogP contribution < -0.4 is 10.1 Å². The van der Waals surface area contributed by atoms with E-state index in [1.807, 2.05) is 6.07 Å². The Bertz CT molecular complexity index is 913. The molecule has 7 nitrogen and oxygen atoms in total. The molecule has 0 unspecified atom stereocenters. The van der Waals surface area contributed by atoms with Crippen LogP contribution in [0.5, 0.6) is 5.75 Å². The first-order valence-electron chi connectivity index (χ1n) is 7.83. The highest BCUT2D eigenvalue weighted by atomic mass is 16.5. The predicted octanol–water partition coefficient (Wildman–Crippen LogP) is 2.37. The second kappa shape index (κ2) is 6.69. The Morgan fingerprint density at radius 1 is 1.15 bits per heavy atom. The Balaban J connectivity index is 1.83. The zero-order chi connectivity index (χ0) is 18.7. The number of nitrogens with zero attached hydrogens (tertiary/aromatic N) is 3. The number of hydrazone groups is 1. The monoisotopic (exact) mass is 348 g/mol. The molecular weight excluding hydrogens is 332 g/mol. The second-order valence-electron chi connectivity index (χ2n) is 5.88. The van der Waals surface area contributed by atoms with Gasteiger partial charge >= 0.3 is 6.03 Å². The first kappa shape index (κ1) is 17.2. The maximum Gasteiger partial charge on any atom is 0.346 e. The van der Waals surface area contributed by atoms with Gasteiger partial charge in [-0.2, -0.15) is 10.4 Å². The summed E-state index contributed by atoms with van der Waals surface area (Å²) in [6.07, 6.45) is 1.40. The molecule has 7 heteroatoms. The van der Waals surface area contributed by atoms with Gasteiger partial charge in [-0.1, -0.05) is 24.3 Å². The van der Waals surface area contributed by atoms with Crippen LogP contribution in [-0.2, 0) is 10.3 Å². The van der Waals surface area contributed by atoms with Crippen LogP contribution in [-0.4, -0.2) is 30.3 Å². The van der Waals surface area contributed by atoms with Gasteiger partial charge in [-0.05, 0) is 42.3 Å². The number of benzene rings is 2. The number of urea groups is 1. The van der Waals surface area contributed by atoms with Gasteiger partial charge in [0.2, 0.25) is 0 Å². The molecule has 2 aromatic rings. The fourth-order valence-corrected chi connectivity index (χ4v) is 2.62. The Labute approximate surface area is 150 Å². The number of amides is 3. The normalized spacial score (nSPS) is 19.5. The van der Waals surface area contributed by atoms with Crippen molar-refractivity contribution >= 4 is 18.2 Å². The Morgan fingerprint density at radius 3 is 2.38 bits per heavy atom. The number of rotatable bonds is 4. The van der Waals surface area contributed by atoms with Gasteiger partial charge in [0.25, 0.3) is 5.91 Å². The van der Waals surface area contributed by atoms with Gasteiger partial charge < -0.3 is 10.1 Å². The van der Waals surface area contributed by atoms with E-state index in [9.17, 15) is 9.59 Å². The quantitative estimate of drug-likeness (QED) is 0.678. The number of nitriles is 1. The minimum Gasteiger partial charge on any atom is -0.497 e. The highest BCUT2D eigenvalue weighted by Gasteiger charge is 2.49. The minimum absolute atomic E-state index is 0.474. The van der Waals surface area contributed by atoms with Crippen LogP contribution in [0.1, 0.15) is 23.6 Å². The summed E-state index contributed by atoms with van der Waals surface area (Å²) < 4.78 is 5.11. The van der Waals surface area contributed by atoms with E-state index in [1.165, 1.54) is 6.21 Å². The molecule has 2 aromatic carbocycles. The van der Waals surface area contributed by atoms with Gasteiger partial charge in [0, 0.05) is 0 Å². The Hall–Kier alpha value is -3.66. The molecule has 0 radical (unpaired) electrons. The van der Waals surface area contributed by atoms with Gasteiger partial charge in [-0.25, -0.2) is 4.79 Å². The van der Waals surface area contributed by atoms with Gasteiger partial charge in [0.05, 0.1) is 25.0 Å². The number of nitrogens with one attached hydrogen (secondary N) is 1. The average Bonchev–Trinajstić information content (AvgIpc) is 2.90. The molecule has 1 N–H and O–H groups in total. The lowest BCUT2D eigenvalue weighted by molar-refractivity contribution is -0.131. The van der Waals surface area contributed by atoms with Crippen LogP contribution in [0.2, 0.25) is 0 Å². The lowest BCUT2D eigenvalue weighted by Gasteiger charge is -2.21. The molecular formula is C19H16N4O3. The van der Waals surface area contributed by atoms with E-state index >= 15 is 0 Å². The standard InChI is InChI=1S/C19H16N4O3/c1-19(15-7-9-16(26-2)10-8-15)17(24)23(18(25)22-19)21-12-14-5-3-13(11-20)4-6-14/h3-10,12H,1-2H3,(H,22,25)/b21-12-/t19-/m0/s1. The molecule has 3 rings (SSSR count). The zero-order valence-corrected chi connectivity index (χ0v) is 14.3. The fraction of sp³-hybridized carbons (Fsp3) is 0.158. The number of ether oxygens (including phenoxy) is 1. The molecule has 1 aliphatic heterocycles. The van der Waals surface area contributed by atoms with Crippen LogP contribution in [0.3, 0.4) is 0 Å². The second-order valence-corrected chi connectivity index (χ2v) is 5.88. The first-order valence-corrected chi connectivity index (χ1v) is 7.83. The molecule has 1 heterocycles. The molecule has 3 amide bonds. The molecule has 0 bridgehead atoms. The van der Waals surface area contributed by atoms with Crippen molar-refractivity contribution in [2.45, 2.75) is 12.5 Å². The van der Waals surface area contributed by atoms with Crippen LogP contribution in [0, 0.1) is 11.3 Å². The smallest absolute Gasteiger partial charge is 0.346 e. The Kier molecular flexibility index (Phi) is 4.42. The molecule has 0 saturated carbocycles. The Morgan fingerprint density at radius 2 is 1.81 bits per heavy atom. The first-order chi connectivity index (χ1) is 12.5. The van der Waals surface area contributed by atoms with Gasteiger partial charge in [-0.3, -0.25) is 4.79 Å². The van der Waals surface area contributed by atoms with Crippen molar-refractivity contribution in [3.63, 3.8) is 0 Å². The third-order valence-corrected chi connectivity index (χ3v) is 4.20. The van der Waals surface area contributed by atoms with Crippen molar-refractivity contribution in [3.8, 4) is 11.8 Å². The van der Waals surface area contributed by atoms with Crippen molar-refractivity contribution in [3.05, 3.63) is 65.2 Å². The van der Waals surface area contributed by atoms with E-state index in [2.05, 4.69) is 10.4 Å². The third kappa shape index (κ3) is 3.00. The third-order valence-electron chi connectivity index (χ3n) is 4.20. The average molecular weight is 348 g/mol. The van der Waals surface area contributed by atoms with Crippen molar-refractivity contribution in [1.82, 2.24) is 10.3 Å². The highest BCUT2D eigenvalue weighted by molar-refractivity contribution is 6.07. The summed E-state index contributed by atoms with van der Waals surface area (Å²) in [4.78, 5) is 25.0. The molecule has 1 saturated heterocycles. The molecule has 1 aliphatic rings. The van der Waals surface area contributed by atoms with E-state index in [4.69, 9.17) is 10.00 Å². The van der Waals surface area contributed by atoms with E-state index in [1.54, 1.807) is 62.6 Å². The van der Waals surface area contributed by atoms with Crippen LogP contribution in [0.15, 0.2) is 53.6 Å². The van der Waals surface area contributed by atoms with E-state index < -0.39 is 17.5 Å². The van der Waals surface area contributed by atoms with Crippen LogP contribution >= 0.6 is 0 Å². The number of imide groups is 1. The van der Waals surface area contributed by atoms with Crippen molar-refractivity contribution in [1.29, 1.82) is 5.26 Å². The highest BCUT2D eigenvalue weighted by Crippen LogP contribution is 2.30. The molecule has 0 aliphatic carbocycles. The van der Waals surface area contributed by atoms with Gasteiger partial charge in [0.1, 0.15) is 11.3 Å². The minimum atomic E-state index is -1.20. The number of carbonyl (C=O) groups is 2. The van der Waals surface area contributed by atoms with Gasteiger partial charge in [-0.15, -0.1) is 5.01 Å². The molecule has 130 valence electrons. The van der Waals surface area contributed by atoms with Crippen LogP contribution in [0.25, 0.3) is 0 Å². The zero-order valence-electron chi connectivity index (χ0n) is 14.3. The van der Waals surface area contributed by atoms with E-state index in [0.29, 0.717) is 22.4 Å². The molecule has 26 heavy (non-hydrogen) atoms. The summed E-state index contributed by atoms with van der Waals surface area (Å²) >= 11 is 0. The van der Waals surface area contributed by atoms with Crippen molar-refractivity contribution < 1.29 is 14.3 Å². The van der Waals surface area contributed by atoms with Crippen LogP contribution in [0.4, 0.5) is 4.79 Å². The van der Waals surface area contributed by atoms with Gasteiger partial charge in [0.15, 0.2) is 0 Å². The summed E-state index contributed by atoms with van der Waals surface area (Å²) in [5, 5.41) is 16.3. The van der Waals surface area contributed by atoms with E-state index in [0.717, 1.165) is 5.01 Å². The summed E-state index contributed by atoms with van der Waals surface area (Å²) in [5.74, 6) is 0.183. The summed E-state index contributed by atoms with van der Waals surface area (Å²) in [6.45, 7) is 1.63. The number of methoxy groups -OCH3 is 1.